The second-order valence-corrected chi connectivity index (χ2v) is 5.76. The molecule has 1 aromatic rings. The Morgan fingerprint density at radius 2 is 1.76 bits per heavy atom. The van der Waals surface area contributed by atoms with Gasteiger partial charge in [0.25, 0.3) is 0 Å². The fraction of sp³-hybridized carbons (Fsp3) is 0.222. The van der Waals surface area contributed by atoms with Crippen LogP contribution in [0.2, 0.25) is 0 Å². The lowest BCUT2D eigenvalue weighted by Crippen LogP contribution is -2.45. The number of nitrogens with zero attached hydrogens (tertiary/aromatic N) is 1. The Hall–Kier alpha value is -1.21. The van der Waals surface area contributed by atoms with Gasteiger partial charge in [-0.15, -0.1) is 0 Å². The molecule has 0 spiro atoms. The molecule has 0 unspecified atom stereocenters. The Balaban J connectivity index is 3.08. The summed E-state index contributed by atoms with van der Waals surface area (Å²) in [6.45, 7) is 0. The standard InChI is InChI=1S/C9H8ClF2NO3S/c1-13(7-5-3-2-4-6-7)8(14)9(11,12)17(10,15)16/h2-6H,1H3. The number of carbonyl (C=O) groups excluding carboxylic acids is 1. The van der Waals surface area contributed by atoms with Crippen LogP contribution in [0.4, 0.5) is 14.5 Å². The van der Waals surface area contributed by atoms with Crippen LogP contribution in [0.3, 0.4) is 0 Å². The molecular formula is C9H8ClF2NO3S. The minimum Gasteiger partial charge on any atom is -0.309 e. The number of halogens is 3. The van der Waals surface area contributed by atoms with Crippen molar-refractivity contribution in [1.29, 1.82) is 0 Å². The van der Waals surface area contributed by atoms with Crippen molar-refractivity contribution in [3.63, 3.8) is 0 Å². The molecule has 17 heavy (non-hydrogen) atoms. The molecule has 0 aliphatic rings. The first-order chi connectivity index (χ1) is 7.68. The summed E-state index contributed by atoms with van der Waals surface area (Å²) in [7, 11) is 0.254. The fourth-order valence-corrected chi connectivity index (χ4v) is 1.61. The van der Waals surface area contributed by atoms with Gasteiger partial charge in [-0.1, -0.05) is 18.2 Å². The fourth-order valence-electron chi connectivity index (χ4n) is 1.07. The molecule has 1 amide bonds. The number of carbonyl (C=O) groups is 1. The Kier molecular flexibility index (Phi) is 3.73. The zero-order valence-electron chi connectivity index (χ0n) is 8.60. The SMILES string of the molecule is CN(C(=O)C(F)(F)S(=O)(=O)Cl)c1ccccc1. The molecule has 0 saturated carbocycles. The van der Waals surface area contributed by atoms with Crippen LogP contribution in [0.1, 0.15) is 0 Å². The molecule has 0 aliphatic heterocycles. The van der Waals surface area contributed by atoms with Crippen LogP contribution in [0.15, 0.2) is 30.3 Å². The third kappa shape index (κ3) is 2.73. The predicted octanol–water partition coefficient (Wildman–Crippen LogP) is 1.81. The predicted molar refractivity (Wildman–Crippen MR) is 59.6 cm³/mol. The second-order valence-electron chi connectivity index (χ2n) is 3.15. The number of anilines is 1. The first-order valence-corrected chi connectivity index (χ1v) is 6.64. The smallest absolute Gasteiger partial charge is 0.309 e. The van der Waals surface area contributed by atoms with E-state index in [9.17, 15) is 22.0 Å². The highest BCUT2D eigenvalue weighted by Gasteiger charge is 2.53. The van der Waals surface area contributed by atoms with Crippen molar-refractivity contribution in [2.24, 2.45) is 0 Å². The monoisotopic (exact) mass is 283 g/mol. The lowest BCUT2D eigenvalue weighted by molar-refractivity contribution is -0.132. The highest BCUT2D eigenvalue weighted by Crippen LogP contribution is 2.29. The van der Waals surface area contributed by atoms with Gasteiger partial charge < -0.3 is 4.90 Å². The molecule has 8 heteroatoms. The summed E-state index contributed by atoms with van der Waals surface area (Å²) < 4.78 is 47.5. The summed E-state index contributed by atoms with van der Waals surface area (Å²) in [5.74, 6) is -1.90. The molecule has 0 bridgehead atoms. The van der Waals surface area contributed by atoms with Gasteiger partial charge in [-0.2, -0.15) is 8.78 Å². The molecule has 0 aliphatic carbocycles. The van der Waals surface area contributed by atoms with Crippen molar-refractivity contribution in [3.8, 4) is 0 Å². The van der Waals surface area contributed by atoms with Crippen LogP contribution >= 0.6 is 10.7 Å². The van der Waals surface area contributed by atoms with Gasteiger partial charge in [-0.25, -0.2) is 8.42 Å². The number of amides is 1. The van der Waals surface area contributed by atoms with Gasteiger partial charge in [0.2, 0.25) is 0 Å². The highest BCUT2D eigenvalue weighted by atomic mass is 35.7. The zero-order valence-corrected chi connectivity index (χ0v) is 10.2. The minimum absolute atomic E-state index is 0.137. The van der Waals surface area contributed by atoms with Gasteiger partial charge in [0.05, 0.1) is 0 Å². The van der Waals surface area contributed by atoms with Crippen LogP contribution in [0.25, 0.3) is 0 Å². The molecule has 0 atom stereocenters. The molecule has 1 rings (SSSR count). The van der Waals surface area contributed by atoms with E-state index in [1.54, 1.807) is 6.07 Å². The summed E-state index contributed by atoms with van der Waals surface area (Å²) in [6, 6.07) is 7.43. The van der Waals surface area contributed by atoms with Crippen LogP contribution in [-0.2, 0) is 13.8 Å². The zero-order chi connectivity index (χ0) is 13.3. The molecule has 0 saturated heterocycles. The van der Waals surface area contributed by atoms with E-state index in [0.29, 0.717) is 4.90 Å². The Labute approximate surface area is 101 Å². The summed E-state index contributed by atoms with van der Waals surface area (Å²) >= 11 is 0. The molecule has 0 N–H and O–H groups in total. The summed E-state index contributed by atoms with van der Waals surface area (Å²) in [5.41, 5.74) is 0.137. The quantitative estimate of drug-likeness (QED) is 0.795. The number of para-hydroxylation sites is 1. The maximum atomic E-state index is 13.1. The average molecular weight is 284 g/mol. The van der Waals surface area contributed by atoms with Crippen molar-refractivity contribution < 1.29 is 22.0 Å². The van der Waals surface area contributed by atoms with Crippen LogP contribution in [0.5, 0.6) is 0 Å². The summed E-state index contributed by atoms with van der Waals surface area (Å²) in [4.78, 5) is 11.9. The first-order valence-electron chi connectivity index (χ1n) is 4.33. The third-order valence-electron chi connectivity index (χ3n) is 2.00. The van der Waals surface area contributed by atoms with Crippen LogP contribution in [0, 0.1) is 0 Å². The summed E-state index contributed by atoms with van der Waals surface area (Å²) in [5, 5.41) is -4.65. The maximum Gasteiger partial charge on any atom is 0.436 e. The van der Waals surface area contributed by atoms with Crippen molar-refractivity contribution in [2.75, 3.05) is 11.9 Å². The molecule has 0 radical (unpaired) electrons. The van der Waals surface area contributed by atoms with E-state index in [4.69, 9.17) is 0 Å². The van der Waals surface area contributed by atoms with E-state index in [1.165, 1.54) is 24.3 Å². The molecule has 0 aromatic heterocycles. The Bertz CT molecular complexity index is 518. The van der Waals surface area contributed by atoms with Gasteiger partial charge in [0.1, 0.15) is 0 Å². The highest BCUT2D eigenvalue weighted by molar-refractivity contribution is 8.15. The van der Waals surface area contributed by atoms with E-state index >= 15 is 0 Å². The van der Waals surface area contributed by atoms with Crippen LogP contribution < -0.4 is 4.90 Å². The van der Waals surface area contributed by atoms with Crippen molar-refractivity contribution >= 4 is 31.3 Å². The number of alkyl halides is 2. The van der Waals surface area contributed by atoms with E-state index in [-0.39, 0.29) is 5.69 Å². The van der Waals surface area contributed by atoms with Gasteiger partial charge in [0.15, 0.2) is 0 Å². The van der Waals surface area contributed by atoms with Crippen molar-refractivity contribution in [3.05, 3.63) is 30.3 Å². The van der Waals surface area contributed by atoms with Gasteiger partial charge in [0, 0.05) is 23.4 Å². The maximum absolute atomic E-state index is 13.1. The van der Waals surface area contributed by atoms with E-state index in [0.717, 1.165) is 7.05 Å². The molecule has 94 valence electrons. The average Bonchev–Trinajstić information content (AvgIpc) is 2.26. The largest absolute Gasteiger partial charge is 0.436 e. The molecule has 1 aromatic carbocycles. The Morgan fingerprint density at radius 3 is 2.18 bits per heavy atom. The third-order valence-corrected chi connectivity index (χ3v) is 3.37. The molecule has 0 fully saturated rings. The number of benzene rings is 1. The summed E-state index contributed by atoms with van der Waals surface area (Å²) in [6.07, 6.45) is 0. The van der Waals surface area contributed by atoms with E-state index in [2.05, 4.69) is 10.7 Å². The first kappa shape index (κ1) is 13.9. The van der Waals surface area contributed by atoms with Gasteiger partial charge in [-0.05, 0) is 12.1 Å². The minimum atomic E-state index is -5.31. The van der Waals surface area contributed by atoms with E-state index in [1.807, 2.05) is 0 Å². The lowest BCUT2D eigenvalue weighted by Gasteiger charge is -2.21. The molecule has 0 heterocycles. The Morgan fingerprint density at radius 1 is 1.29 bits per heavy atom. The van der Waals surface area contributed by atoms with Crippen molar-refractivity contribution in [2.45, 2.75) is 5.25 Å². The van der Waals surface area contributed by atoms with Crippen LogP contribution in [-0.4, -0.2) is 26.6 Å². The normalized spacial score (nSPS) is 12.2. The van der Waals surface area contributed by atoms with Gasteiger partial charge >= 0.3 is 20.2 Å². The number of rotatable bonds is 3. The molecule has 4 nitrogen and oxygen atoms in total. The topological polar surface area (TPSA) is 54.5 Å². The lowest BCUT2D eigenvalue weighted by atomic mass is 10.3. The number of hydrogen-bond acceptors (Lipinski definition) is 3. The molecular weight excluding hydrogens is 276 g/mol. The second kappa shape index (κ2) is 4.58. The van der Waals surface area contributed by atoms with E-state index < -0.39 is 20.2 Å². The number of hydrogen-bond donors (Lipinski definition) is 0. The van der Waals surface area contributed by atoms with Gasteiger partial charge in [-0.3, -0.25) is 4.79 Å². The van der Waals surface area contributed by atoms with Crippen molar-refractivity contribution in [1.82, 2.24) is 0 Å².